The molecule has 90 valence electrons. The van der Waals surface area contributed by atoms with Gasteiger partial charge in [-0.05, 0) is 31.6 Å². The summed E-state index contributed by atoms with van der Waals surface area (Å²) in [6.07, 6.45) is 3.80. The Morgan fingerprint density at radius 2 is 1.93 bits per heavy atom. The van der Waals surface area contributed by atoms with Crippen LogP contribution in [0.3, 0.4) is 0 Å². The average Bonchev–Trinajstić information content (AvgIpc) is 2.87. The molecular formula is C11H23NO2S. The van der Waals surface area contributed by atoms with Gasteiger partial charge in [-0.3, -0.25) is 0 Å². The van der Waals surface area contributed by atoms with E-state index in [0.29, 0.717) is 30.7 Å². The van der Waals surface area contributed by atoms with E-state index in [0.717, 1.165) is 19.3 Å². The van der Waals surface area contributed by atoms with Crippen LogP contribution in [0.5, 0.6) is 0 Å². The summed E-state index contributed by atoms with van der Waals surface area (Å²) >= 11 is 0. The molecule has 1 saturated carbocycles. The molecule has 4 heteroatoms. The quantitative estimate of drug-likeness (QED) is 0.676. The fourth-order valence-electron chi connectivity index (χ4n) is 1.67. The van der Waals surface area contributed by atoms with E-state index in [4.69, 9.17) is 0 Å². The van der Waals surface area contributed by atoms with Crippen molar-refractivity contribution in [1.82, 2.24) is 4.31 Å². The Labute approximate surface area is 93.9 Å². The van der Waals surface area contributed by atoms with E-state index in [1.807, 2.05) is 6.92 Å². The van der Waals surface area contributed by atoms with Gasteiger partial charge in [0.1, 0.15) is 0 Å². The summed E-state index contributed by atoms with van der Waals surface area (Å²) in [5.74, 6) is 0.879. The minimum atomic E-state index is -2.97. The minimum absolute atomic E-state index is 0.307. The molecule has 0 bridgehead atoms. The highest BCUT2D eigenvalue weighted by Gasteiger charge is 2.36. The first-order chi connectivity index (χ1) is 6.97. The van der Waals surface area contributed by atoms with Crippen LogP contribution in [0.4, 0.5) is 0 Å². The first-order valence-corrected chi connectivity index (χ1v) is 7.57. The summed E-state index contributed by atoms with van der Waals surface area (Å²) < 4.78 is 25.6. The lowest BCUT2D eigenvalue weighted by Gasteiger charge is -2.22. The minimum Gasteiger partial charge on any atom is -0.212 e. The highest BCUT2D eigenvalue weighted by molar-refractivity contribution is 7.89. The molecule has 3 nitrogen and oxygen atoms in total. The number of rotatable bonds is 7. The molecule has 0 aromatic rings. The van der Waals surface area contributed by atoms with Crippen LogP contribution >= 0.6 is 0 Å². The lowest BCUT2D eigenvalue weighted by Crippen LogP contribution is -2.36. The van der Waals surface area contributed by atoms with Gasteiger partial charge >= 0.3 is 0 Å². The third kappa shape index (κ3) is 4.11. The first-order valence-electron chi connectivity index (χ1n) is 5.97. The van der Waals surface area contributed by atoms with Crippen LogP contribution in [-0.4, -0.2) is 31.1 Å². The van der Waals surface area contributed by atoms with Gasteiger partial charge in [-0.25, -0.2) is 8.42 Å². The van der Waals surface area contributed by atoms with Gasteiger partial charge < -0.3 is 0 Å². The monoisotopic (exact) mass is 233 g/mol. The molecule has 1 aliphatic carbocycles. The Balaban J connectivity index is 2.57. The van der Waals surface area contributed by atoms with E-state index in [1.165, 1.54) is 0 Å². The number of hydrogen-bond acceptors (Lipinski definition) is 2. The van der Waals surface area contributed by atoms with Gasteiger partial charge in [0.15, 0.2) is 0 Å². The highest BCUT2D eigenvalue weighted by atomic mass is 32.2. The molecule has 0 aliphatic heterocycles. The van der Waals surface area contributed by atoms with E-state index in [9.17, 15) is 8.42 Å². The molecule has 0 N–H and O–H groups in total. The Bertz CT molecular complexity index is 281. The number of nitrogens with zero attached hydrogens (tertiary/aromatic N) is 1. The second-order valence-corrected chi connectivity index (χ2v) is 6.88. The van der Waals surface area contributed by atoms with Crippen molar-refractivity contribution < 1.29 is 8.42 Å². The van der Waals surface area contributed by atoms with Crippen LogP contribution in [0.1, 0.15) is 46.5 Å². The van der Waals surface area contributed by atoms with Crippen LogP contribution in [0, 0.1) is 5.92 Å². The molecule has 1 aliphatic rings. The van der Waals surface area contributed by atoms with Gasteiger partial charge in [0.25, 0.3) is 0 Å². The van der Waals surface area contributed by atoms with Crippen molar-refractivity contribution in [3.63, 3.8) is 0 Å². The largest absolute Gasteiger partial charge is 0.214 e. The molecule has 15 heavy (non-hydrogen) atoms. The van der Waals surface area contributed by atoms with E-state index in [2.05, 4.69) is 13.8 Å². The summed E-state index contributed by atoms with van der Waals surface area (Å²) in [6, 6.07) is 0.320. The van der Waals surface area contributed by atoms with E-state index in [-0.39, 0.29) is 0 Å². The van der Waals surface area contributed by atoms with Gasteiger partial charge in [-0.1, -0.05) is 20.8 Å². The molecule has 0 heterocycles. The predicted octanol–water partition coefficient (Wildman–Crippen LogP) is 2.24. The van der Waals surface area contributed by atoms with Gasteiger partial charge in [-0.2, -0.15) is 4.31 Å². The van der Waals surface area contributed by atoms with E-state index in [1.54, 1.807) is 4.31 Å². The number of sulfonamides is 1. The zero-order chi connectivity index (χ0) is 11.5. The fourth-order valence-corrected chi connectivity index (χ4v) is 3.47. The molecule has 0 amide bonds. The van der Waals surface area contributed by atoms with E-state index >= 15 is 0 Å². The second kappa shape index (κ2) is 5.30. The second-order valence-electron chi connectivity index (χ2n) is 4.84. The zero-order valence-corrected chi connectivity index (χ0v) is 10.9. The van der Waals surface area contributed by atoms with Gasteiger partial charge in [0.2, 0.25) is 10.0 Å². The van der Waals surface area contributed by atoms with Crippen LogP contribution < -0.4 is 0 Å². The third-order valence-electron chi connectivity index (χ3n) is 2.70. The van der Waals surface area contributed by atoms with Crippen LogP contribution in [0.15, 0.2) is 0 Å². The smallest absolute Gasteiger partial charge is 0.212 e. The summed E-state index contributed by atoms with van der Waals surface area (Å²) in [4.78, 5) is 0. The Hall–Kier alpha value is -0.0900. The van der Waals surface area contributed by atoms with Crippen molar-refractivity contribution in [2.75, 3.05) is 12.3 Å². The molecular weight excluding hydrogens is 210 g/mol. The van der Waals surface area contributed by atoms with Gasteiger partial charge in [0.05, 0.1) is 5.75 Å². The SMILES string of the molecule is CCCS(=O)(=O)N(CCC(C)C)C1CC1. The van der Waals surface area contributed by atoms with Crippen molar-refractivity contribution >= 4 is 10.0 Å². The maximum Gasteiger partial charge on any atom is 0.214 e. The third-order valence-corrected chi connectivity index (χ3v) is 4.82. The molecule has 0 aromatic heterocycles. The molecule has 0 atom stereocenters. The van der Waals surface area contributed by atoms with E-state index < -0.39 is 10.0 Å². The predicted molar refractivity (Wildman–Crippen MR) is 63.3 cm³/mol. The van der Waals surface area contributed by atoms with Crippen molar-refractivity contribution in [2.24, 2.45) is 5.92 Å². The average molecular weight is 233 g/mol. The Morgan fingerprint density at radius 3 is 2.33 bits per heavy atom. The first kappa shape index (κ1) is 13.0. The molecule has 0 aromatic carbocycles. The van der Waals surface area contributed by atoms with Gasteiger partial charge in [-0.15, -0.1) is 0 Å². The standard InChI is InChI=1S/C11H23NO2S/c1-4-9-15(13,14)12(11-5-6-11)8-7-10(2)3/h10-11H,4-9H2,1-3H3. The van der Waals surface area contributed by atoms with Crippen molar-refractivity contribution in [2.45, 2.75) is 52.5 Å². The molecule has 0 spiro atoms. The molecule has 1 fully saturated rings. The number of hydrogen-bond donors (Lipinski definition) is 0. The van der Waals surface area contributed by atoms with Crippen LogP contribution in [0.25, 0.3) is 0 Å². The molecule has 0 radical (unpaired) electrons. The summed E-state index contributed by atoms with van der Waals surface area (Å²) in [6.45, 7) is 6.91. The lowest BCUT2D eigenvalue weighted by atomic mass is 10.1. The zero-order valence-electron chi connectivity index (χ0n) is 10.1. The van der Waals surface area contributed by atoms with Crippen molar-refractivity contribution in [3.8, 4) is 0 Å². The summed E-state index contributed by atoms with van der Waals surface area (Å²) in [5, 5.41) is 0. The topological polar surface area (TPSA) is 37.4 Å². The summed E-state index contributed by atoms with van der Waals surface area (Å²) in [5.41, 5.74) is 0. The van der Waals surface area contributed by atoms with Crippen LogP contribution in [-0.2, 0) is 10.0 Å². The Kier molecular flexibility index (Phi) is 4.59. The molecule has 0 saturated heterocycles. The lowest BCUT2D eigenvalue weighted by molar-refractivity contribution is 0.373. The normalized spacial score (nSPS) is 17.7. The van der Waals surface area contributed by atoms with Crippen molar-refractivity contribution in [1.29, 1.82) is 0 Å². The summed E-state index contributed by atoms with van der Waals surface area (Å²) in [7, 11) is -2.97. The fraction of sp³-hybridized carbons (Fsp3) is 1.00. The maximum atomic E-state index is 12.0. The Morgan fingerprint density at radius 1 is 1.33 bits per heavy atom. The van der Waals surface area contributed by atoms with Crippen molar-refractivity contribution in [3.05, 3.63) is 0 Å². The highest BCUT2D eigenvalue weighted by Crippen LogP contribution is 2.30. The molecule has 1 rings (SSSR count). The maximum absolute atomic E-state index is 12.0. The van der Waals surface area contributed by atoms with Crippen LogP contribution in [0.2, 0.25) is 0 Å². The molecule has 0 unspecified atom stereocenters. The van der Waals surface area contributed by atoms with Gasteiger partial charge in [0, 0.05) is 12.6 Å².